The van der Waals surface area contributed by atoms with Gasteiger partial charge in [-0.05, 0) is 56.6 Å². The summed E-state index contributed by atoms with van der Waals surface area (Å²) < 4.78 is 0. The van der Waals surface area contributed by atoms with Crippen LogP contribution in [-0.4, -0.2) is 48.9 Å². The van der Waals surface area contributed by atoms with Gasteiger partial charge in [0.1, 0.15) is 0 Å². The van der Waals surface area contributed by atoms with Gasteiger partial charge in [0.25, 0.3) is 0 Å². The monoisotopic (exact) mass is 419 g/mol. The number of amides is 2. The van der Waals surface area contributed by atoms with Crippen LogP contribution in [0.2, 0.25) is 0 Å². The molecule has 2 saturated heterocycles. The molecule has 29 heavy (non-hydrogen) atoms. The van der Waals surface area contributed by atoms with Crippen molar-refractivity contribution in [2.75, 3.05) is 26.2 Å². The molecule has 2 aliphatic heterocycles. The smallest absolute Gasteiger partial charge is 0.237 e. The van der Waals surface area contributed by atoms with E-state index in [4.69, 9.17) is 0 Å². The van der Waals surface area contributed by atoms with E-state index in [0.717, 1.165) is 71.0 Å². The van der Waals surface area contributed by atoms with Crippen LogP contribution in [0.25, 0.3) is 0 Å². The van der Waals surface area contributed by atoms with E-state index in [1.165, 1.54) is 5.56 Å². The maximum absolute atomic E-state index is 13.6. The minimum absolute atomic E-state index is 0. The summed E-state index contributed by atoms with van der Waals surface area (Å²) in [4.78, 5) is 28.0. The second kappa shape index (κ2) is 9.94. The van der Waals surface area contributed by atoms with Gasteiger partial charge in [0.05, 0.1) is 11.5 Å². The van der Waals surface area contributed by atoms with Crippen molar-refractivity contribution in [2.45, 2.75) is 62.8 Å². The number of piperidine rings is 1. The Labute approximate surface area is 180 Å². The molecule has 2 amide bonds. The van der Waals surface area contributed by atoms with Crippen LogP contribution in [0.1, 0.15) is 56.9 Å². The fourth-order valence-corrected chi connectivity index (χ4v) is 5.36. The molecular formula is C23H34ClN3O2. The summed E-state index contributed by atoms with van der Waals surface area (Å²) in [5.41, 5.74) is 0.848. The summed E-state index contributed by atoms with van der Waals surface area (Å²) in [6.07, 6.45) is 8.29. The molecule has 3 fully saturated rings. The largest absolute Gasteiger partial charge is 0.354 e. The molecule has 1 aromatic carbocycles. The van der Waals surface area contributed by atoms with E-state index in [1.807, 2.05) is 18.2 Å². The average Bonchev–Trinajstić information content (AvgIpc) is 3.45. The molecule has 5 nitrogen and oxygen atoms in total. The van der Waals surface area contributed by atoms with Gasteiger partial charge in [-0.25, -0.2) is 0 Å². The summed E-state index contributed by atoms with van der Waals surface area (Å²) in [6.45, 7) is 3.23. The fraction of sp³-hybridized carbons (Fsp3) is 0.652. The first-order valence-electron chi connectivity index (χ1n) is 11.0. The molecule has 3 aliphatic rings. The van der Waals surface area contributed by atoms with Crippen LogP contribution in [0.15, 0.2) is 30.3 Å². The number of hydrogen-bond acceptors (Lipinski definition) is 3. The van der Waals surface area contributed by atoms with E-state index in [1.54, 1.807) is 0 Å². The van der Waals surface area contributed by atoms with Crippen molar-refractivity contribution >= 4 is 24.2 Å². The Morgan fingerprint density at radius 2 is 1.83 bits per heavy atom. The molecule has 2 heterocycles. The van der Waals surface area contributed by atoms with E-state index in [-0.39, 0.29) is 29.8 Å². The van der Waals surface area contributed by atoms with Gasteiger partial charge in [-0.15, -0.1) is 12.4 Å². The molecule has 1 saturated carbocycles. The topological polar surface area (TPSA) is 61.4 Å². The molecule has 2 N–H and O–H groups in total. The van der Waals surface area contributed by atoms with Crippen molar-refractivity contribution in [3.05, 3.63) is 35.9 Å². The zero-order valence-corrected chi connectivity index (χ0v) is 18.0. The lowest BCUT2D eigenvalue weighted by Crippen LogP contribution is -2.51. The van der Waals surface area contributed by atoms with E-state index < -0.39 is 0 Å². The standard InChI is InChI=1S/C23H33N3O2.ClH/c27-21(20-11-6-14-24-20)25-16-18-8-7-15-26(17-18)22(28)23(12-4-5-13-23)19-9-2-1-3-10-19;/h1-3,9-10,18,20,24H,4-8,11-17H2,(H,25,27);1H. The summed E-state index contributed by atoms with van der Waals surface area (Å²) >= 11 is 0. The Balaban J connectivity index is 0.00000240. The molecule has 2 atom stereocenters. The third kappa shape index (κ3) is 4.77. The molecule has 1 aromatic rings. The van der Waals surface area contributed by atoms with Gasteiger partial charge in [0.15, 0.2) is 0 Å². The summed E-state index contributed by atoms with van der Waals surface area (Å²) in [5, 5.41) is 6.38. The number of nitrogens with zero attached hydrogens (tertiary/aromatic N) is 1. The minimum atomic E-state index is -0.333. The minimum Gasteiger partial charge on any atom is -0.354 e. The number of halogens is 1. The van der Waals surface area contributed by atoms with Gasteiger partial charge in [-0.2, -0.15) is 0 Å². The highest BCUT2D eigenvalue weighted by Crippen LogP contribution is 2.43. The number of likely N-dealkylation sites (tertiary alicyclic amines) is 1. The summed E-state index contributed by atoms with van der Waals surface area (Å²) in [5.74, 6) is 0.791. The lowest BCUT2D eigenvalue weighted by Gasteiger charge is -2.39. The van der Waals surface area contributed by atoms with Crippen molar-refractivity contribution in [3.63, 3.8) is 0 Å². The zero-order valence-electron chi connectivity index (χ0n) is 17.2. The Morgan fingerprint density at radius 1 is 1.07 bits per heavy atom. The van der Waals surface area contributed by atoms with Crippen LogP contribution in [-0.2, 0) is 15.0 Å². The molecule has 4 rings (SSSR count). The Morgan fingerprint density at radius 3 is 2.52 bits per heavy atom. The van der Waals surface area contributed by atoms with Gasteiger partial charge in [-0.3, -0.25) is 9.59 Å². The van der Waals surface area contributed by atoms with Gasteiger partial charge in [0, 0.05) is 19.6 Å². The Kier molecular flexibility index (Phi) is 7.58. The second-order valence-corrected chi connectivity index (χ2v) is 8.81. The third-order valence-electron chi connectivity index (χ3n) is 6.94. The van der Waals surface area contributed by atoms with E-state index in [2.05, 4.69) is 27.7 Å². The lowest BCUT2D eigenvalue weighted by atomic mass is 9.77. The molecule has 0 spiro atoms. The molecule has 0 bridgehead atoms. The van der Waals surface area contributed by atoms with E-state index in [9.17, 15) is 9.59 Å². The molecule has 2 unspecified atom stereocenters. The van der Waals surface area contributed by atoms with Crippen molar-refractivity contribution in [1.29, 1.82) is 0 Å². The quantitative estimate of drug-likeness (QED) is 0.771. The van der Waals surface area contributed by atoms with E-state index >= 15 is 0 Å². The number of hydrogen-bond donors (Lipinski definition) is 2. The number of carbonyl (C=O) groups is 2. The van der Waals surface area contributed by atoms with Crippen molar-refractivity contribution in [2.24, 2.45) is 5.92 Å². The van der Waals surface area contributed by atoms with Gasteiger partial charge >= 0.3 is 0 Å². The molecule has 1 aliphatic carbocycles. The fourth-order valence-electron chi connectivity index (χ4n) is 5.36. The Hall–Kier alpha value is -1.59. The van der Waals surface area contributed by atoms with Crippen molar-refractivity contribution < 1.29 is 9.59 Å². The van der Waals surface area contributed by atoms with Crippen LogP contribution in [0, 0.1) is 5.92 Å². The summed E-state index contributed by atoms with van der Waals surface area (Å²) in [6, 6.07) is 10.3. The predicted octanol–water partition coefficient (Wildman–Crippen LogP) is 3.03. The van der Waals surface area contributed by atoms with Gasteiger partial charge in [-0.1, -0.05) is 43.2 Å². The second-order valence-electron chi connectivity index (χ2n) is 8.81. The normalized spacial score (nSPS) is 26.0. The van der Waals surface area contributed by atoms with Crippen molar-refractivity contribution in [3.8, 4) is 0 Å². The summed E-state index contributed by atoms with van der Waals surface area (Å²) in [7, 11) is 0. The van der Waals surface area contributed by atoms with Crippen LogP contribution in [0.3, 0.4) is 0 Å². The molecule has 0 aromatic heterocycles. The van der Waals surface area contributed by atoms with Crippen molar-refractivity contribution in [1.82, 2.24) is 15.5 Å². The zero-order chi connectivity index (χ0) is 19.4. The molecule has 6 heteroatoms. The maximum atomic E-state index is 13.6. The van der Waals surface area contributed by atoms with Gasteiger partial charge in [0.2, 0.25) is 11.8 Å². The number of carbonyl (C=O) groups excluding carboxylic acids is 2. The molecule has 0 radical (unpaired) electrons. The van der Waals surface area contributed by atoms with E-state index in [0.29, 0.717) is 18.4 Å². The average molecular weight is 420 g/mol. The highest BCUT2D eigenvalue weighted by atomic mass is 35.5. The first-order chi connectivity index (χ1) is 13.7. The number of rotatable bonds is 5. The Bertz CT molecular complexity index is 685. The highest BCUT2D eigenvalue weighted by Gasteiger charge is 2.45. The number of benzene rings is 1. The van der Waals surface area contributed by atoms with Crippen LogP contribution in [0.4, 0.5) is 0 Å². The first kappa shape index (κ1) is 22.1. The highest BCUT2D eigenvalue weighted by molar-refractivity contribution is 5.89. The predicted molar refractivity (Wildman–Crippen MR) is 117 cm³/mol. The van der Waals surface area contributed by atoms with Gasteiger partial charge < -0.3 is 15.5 Å². The molecular weight excluding hydrogens is 386 g/mol. The van der Waals surface area contributed by atoms with Crippen LogP contribution < -0.4 is 10.6 Å². The maximum Gasteiger partial charge on any atom is 0.237 e. The van der Waals surface area contributed by atoms with Crippen LogP contribution >= 0.6 is 12.4 Å². The van der Waals surface area contributed by atoms with Crippen LogP contribution in [0.5, 0.6) is 0 Å². The SMILES string of the molecule is Cl.O=C(NCC1CCCN(C(=O)C2(c3ccccc3)CCCC2)C1)C1CCCN1. The number of nitrogens with one attached hydrogen (secondary N) is 2. The molecule has 160 valence electrons. The first-order valence-corrected chi connectivity index (χ1v) is 11.0. The lowest BCUT2D eigenvalue weighted by molar-refractivity contribution is -0.139. The third-order valence-corrected chi connectivity index (χ3v) is 6.94.